The van der Waals surface area contributed by atoms with Crippen molar-refractivity contribution in [1.29, 1.82) is 0 Å². The van der Waals surface area contributed by atoms with Gasteiger partial charge in [-0.25, -0.2) is 8.42 Å². The number of hydrogen-bond donors (Lipinski definition) is 1. The van der Waals surface area contributed by atoms with Crippen LogP contribution in [-0.2, 0) is 10.0 Å². The molecule has 0 aliphatic carbocycles. The number of sulfonamides is 1. The van der Waals surface area contributed by atoms with E-state index in [4.69, 9.17) is 0 Å². The quantitative estimate of drug-likeness (QED) is 0.577. The lowest BCUT2D eigenvalue weighted by molar-refractivity contribution is 0.385. The standard InChI is InChI=1S/C22H21N3O2S/c26-28(27,19-9-8-17-4-1-2-5-18(17)16-19)25-14-12-24(13-15-25)22-7-3-6-21-20(22)10-11-23-21/h1-11,16,23H,12-15H2. The fourth-order valence-corrected chi connectivity index (χ4v) is 5.45. The van der Waals surface area contributed by atoms with Crippen LogP contribution in [0.2, 0.25) is 0 Å². The van der Waals surface area contributed by atoms with Gasteiger partial charge in [0.2, 0.25) is 10.0 Å². The highest BCUT2D eigenvalue weighted by Gasteiger charge is 2.29. The number of nitrogens with zero attached hydrogens (tertiary/aromatic N) is 2. The topological polar surface area (TPSA) is 56.4 Å². The van der Waals surface area contributed by atoms with Crippen molar-refractivity contribution < 1.29 is 8.42 Å². The van der Waals surface area contributed by atoms with Crippen LogP contribution < -0.4 is 4.90 Å². The van der Waals surface area contributed by atoms with E-state index in [9.17, 15) is 8.42 Å². The van der Waals surface area contributed by atoms with Gasteiger partial charge in [-0.1, -0.05) is 36.4 Å². The molecule has 3 aromatic carbocycles. The minimum absolute atomic E-state index is 0.368. The minimum atomic E-state index is -3.49. The van der Waals surface area contributed by atoms with Crippen molar-refractivity contribution in [1.82, 2.24) is 9.29 Å². The summed E-state index contributed by atoms with van der Waals surface area (Å²) in [5, 5.41) is 3.17. The van der Waals surface area contributed by atoms with E-state index >= 15 is 0 Å². The van der Waals surface area contributed by atoms with E-state index < -0.39 is 10.0 Å². The molecule has 5 rings (SSSR count). The summed E-state index contributed by atoms with van der Waals surface area (Å²) in [6, 6.07) is 21.5. The molecule has 0 spiro atoms. The van der Waals surface area contributed by atoms with Gasteiger partial charge in [0, 0.05) is 49.0 Å². The predicted octanol–water partition coefficient (Wildman–Crippen LogP) is 3.83. The Hall–Kier alpha value is -2.83. The van der Waals surface area contributed by atoms with Crippen LogP contribution in [0, 0.1) is 0 Å². The first-order chi connectivity index (χ1) is 13.6. The van der Waals surface area contributed by atoms with Crippen LogP contribution >= 0.6 is 0 Å². The lowest BCUT2D eigenvalue weighted by atomic mass is 10.1. The van der Waals surface area contributed by atoms with Crippen LogP contribution in [0.3, 0.4) is 0 Å². The average Bonchev–Trinajstić information content (AvgIpc) is 3.22. The largest absolute Gasteiger partial charge is 0.368 e. The maximum atomic E-state index is 13.1. The first-order valence-corrected chi connectivity index (χ1v) is 10.9. The number of aromatic nitrogens is 1. The SMILES string of the molecule is O=S(=O)(c1ccc2ccccc2c1)N1CCN(c2cccc3[nH]ccc23)CC1. The molecule has 0 atom stereocenters. The van der Waals surface area contributed by atoms with Crippen LogP contribution in [0.4, 0.5) is 5.69 Å². The van der Waals surface area contributed by atoms with Crippen molar-refractivity contribution in [3.05, 3.63) is 72.9 Å². The molecule has 142 valence electrons. The number of piperazine rings is 1. The fraction of sp³-hybridized carbons (Fsp3) is 0.182. The molecule has 28 heavy (non-hydrogen) atoms. The van der Waals surface area contributed by atoms with E-state index in [0.717, 1.165) is 22.0 Å². The fourth-order valence-electron chi connectivity index (χ4n) is 3.99. The minimum Gasteiger partial charge on any atom is -0.368 e. The zero-order valence-corrected chi connectivity index (χ0v) is 16.2. The summed E-state index contributed by atoms with van der Waals surface area (Å²) in [5.41, 5.74) is 2.25. The predicted molar refractivity (Wildman–Crippen MR) is 113 cm³/mol. The second kappa shape index (κ2) is 6.65. The molecule has 0 radical (unpaired) electrons. The highest BCUT2D eigenvalue weighted by atomic mass is 32.2. The van der Waals surface area contributed by atoms with Crippen LogP contribution in [0.15, 0.2) is 77.8 Å². The molecule has 1 N–H and O–H groups in total. The maximum Gasteiger partial charge on any atom is 0.243 e. The first kappa shape index (κ1) is 17.3. The molecule has 6 heteroatoms. The van der Waals surface area contributed by atoms with Gasteiger partial charge in [0.05, 0.1) is 4.90 Å². The molecule has 1 aliphatic rings. The Morgan fingerprint density at radius 2 is 1.57 bits per heavy atom. The first-order valence-electron chi connectivity index (χ1n) is 9.43. The Morgan fingerprint density at radius 3 is 2.39 bits per heavy atom. The van der Waals surface area contributed by atoms with Crippen LogP contribution in [0.1, 0.15) is 0 Å². The molecule has 1 aromatic heterocycles. The molecule has 1 fully saturated rings. The van der Waals surface area contributed by atoms with E-state index in [1.165, 1.54) is 5.39 Å². The van der Waals surface area contributed by atoms with E-state index in [2.05, 4.69) is 28.1 Å². The molecule has 0 unspecified atom stereocenters. The van der Waals surface area contributed by atoms with E-state index in [-0.39, 0.29) is 0 Å². The number of aromatic amines is 1. The molecule has 0 saturated carbocycles. The molecule has 1 aliphatic heterocycles. The van der Waals surface area contributed by atoms with Crippen molar-refractivity contribution in [2.75, 3.05) is 31.1 Å². The summed E-state index contributed by atoms with van der Waals surface area (Å²) in [6.45, 7) is 2.32. The van der Waals surface area contributed by atoms with Gasteiger partial charge in [-0.3, -0.25) is 0 Å². The highest BCUT2D eigenvalue weighted by Crippen LogP contribution is 2.28. The zero-order valence-electron chi connectivity index (χ0n) is 15.4. The van der Waals surface area contributed by atoms with Gasteiger partial charge in [-0.2, -0.15) is 4.31 Å². The molecule has 0 bridgehead atoms. The summed E-state index contributed by atoms with van der Waals surface area (Å²) >= 11 is 0. The smallest absolute Gasteiger partial charge is 0.243 e. The number of rotatable bonds is 3. The molecule has 4 aromatic rings. The van der Waals surface area contributed by atoms with Gasteiger partial charge < -0.3 is 9.88 Å². The van der Waals surface area contributed by atoms with Crippen LogP contribution in [0.25, 0.3) is 21.7 Å². The van der Waals surface area contributed by atoms with E-state index in [1.807, 2.05) is 42.6 Å². The van der Waals surface area contributed by atoms with Crippen LogP contribution in [0.5, 0.6) is 0 Å². The summed E-state index contributed by atoms with van der Waals surface area (Å²) in [6.07, 6.45) is 1.94. The average molecular weight is 391 g/mol. The molecular weight excluding hydrogens is 370 g/mol. The lowest BCUT2D eigenvalue weighted by Gasteiger charge is -2.35. The number of anilines is 1. The van der Waals surface area contributed by atoms with Crippen LogP contribution in [-0.4, -0.2) is 43.9 Å². The lowest BCUT2D eigenvalue weighted by Crippen LogP contribution is -2.48. The van der Waals surface area contributed by atoms with Gasteiger partial charge in [0.15, 0.2) is 0 Å². The Labute approximate surface area is 164 Å². The molecule has 1 saturated heterocycles. The number of fused-ring (bicyclic) bond motifs is 2. The van der Waals surface area contributed by atoms with Crippen molar-refractivity contribution in [2.24, 2.45) is 0 Å². The van der Waals surface area contributed by atoms with Gasteiger partial charge in [-0.05, 0) is 41.1 Å². The van der Waals surface area contributed by atoms with Crippen molar-refractivity contribution in [3.63, 3.8) is 0 Å². The normalized spacial score (nSPS) is 16.1. The number of H-pyrrole nitrogens is 1. The van der Waals surface area contributed by atoms with Crippen molar-refractivity contribution in [2.45, 2.75) is 4.90 Å². The Bertz CT molecular complexity index is 1260. The number of benzene rings is 3. The van der Waals surface area contributed by atoms with Gasteiger partial charge in [0.25, 0.3) is 0 Å². The van der Waals surface area contributed by atoms with Gasteiger partial charge in [-0.15, -0.1) is 0 Å². The molecular formula is C22H21N3O2S. The second-order valence-corrected chi connectivity index (χ2v) is 9.05. The van der Waals surface area contributed by atoms with E-state index in [1.54, 1.807) is 16.4 Å². The highest BCUT2D eigenvalue weighted by molar-refractivity contribution is 7.89. The number of nitrogens with one attached hydrogen (secondary N) is 1. The third kappa shape index (κ3) is 2.85. The summed E-state index contributed by atoms with van der Waals surface area (Å²) in [7, 11) is -3.49. The zero-order chi connectivity index (χ0) is 19.1. The maximum absolute atomic E-state index is 13.1. The van der Waals surface area contributed by atoms with Gasteiger partial charge in [0.1, 0.15) is 0 Å². The van der Waals surface area contributed by atoms with Crippen molar-refractivity contribution >= 4 is 37.4 Å². The molecule has 2 heterocycles. The van der Waals surface area contributed by atoms with Gasteiger partial charge >= 0.3 is 0 Å². The molecule has 5 nitrogen and oxygen atoms in total. The Kier molecular flexibility index (Phi) is 4.10. The van der Waals surface area contributed by atoms with Crippen molar-refractivity contribution in [3.8, 4) is 0 Å². The summed E-state index contributed by atoms with van der Waals surface area (Å²) in [4.78, 5) is 5.87. The Balaban J connectivity index is 1.38. The van der Waals surface area contributed by atoms with E-state index in [0.29, 0.717) is 31.1 Å². The third-order valence-corrected chi connectivity index (χ3v) is 7.40. The molecule has 0 amide bonds. The summed E-state index contributed by atoms with van der Waals surface area (Å²) < 4.78 is 27.9. The number of hydrogen-bond acceptors (Lipinski definition) is 3. The summed E-state index contributed by atoms with van der Waals surface area (Å²) in [5.74, 6) is 0. The Morgan fingerprint density at radius 1 is 0.786 bits per heavy atom. The monoisotopic (exact) mass is 391 g/mol. The third-order valence-electron chi connectivity index (χ3n) is 5.51. The second-order valence-electron chi connectivity index (χ2n) is 7.12.